The van der Waals surface area contributed by atoms with E-state index in [4.69, 9.17) is 19.9 Å². The molecule has 0 heterocycles. The van der Waals surface area contributed by atoms with Crippen molar-refractivity contribution >= 4 is 29.5 Å². The first-order valence-electron chi connectivity index (χ1n) is 6.51. The summed E-state index contributed by atoms with van der Waals surface area (Å²) in [6, 6.07) is 5.12. The molecular weight excluding hydrogens is 306 g/mol. The molecule has 7 nitrogen and oxygen atoms in total. The second kappa shape index (κ2) is 8.83. The SMILES string of the molecule is COc1cc(C=NNC(N)=S)ccc1OCC(=O)OC(C)C. The lowest BCUT2D eigenvalue weighted by molar-refractivity contribution is -0.149. The maximum Gasteiger partial charge on any atom is 0.344 e. The number of esters is 1. The fourth-order valence-corrected chi connectivity index (χ4v) is 1.54. The van der Waals surface area contributed by atoms with E-state index in [0.29, 0.717) is 11.5 Å². The topological polar surface area (TPSA) is 95.2 Å². The van der Waals surface area contributed by atoms with Crippen molar-refractivity contribution in [3.63, 3.8) is 0 Å². The highest BCUT2D eigenvalue weighted by Crippen LogP contribution is 2.27. The van der Waals surface area contributed by atoms with Crippen LogP contribution in [0.4, 0.5) is 0 Å². The third-order valence-corrected chi connectivity index (χ3v) is 2.38. The molecular formula is C14H19N3O4S. The molecule has 0 saturated carbocycles. The van der Waals surface area contributed by atoms with Crippen LogP contribution < -0.4 is 20.6 Å². The van der Waals surface area contributed by atoms with Gasteiger partial charge in [-0.1, -0.05) is 0 Å². The average molecular weight is 325 g/mol. The smallest absolute Gasteiger partial charge is 0.344 e. The molecule has 1 rings (SSSR count). The Balaban J connectivity index is 2.70. The second-order valence-corrected chi connectivity index (χ2v) is 4.91. The Morgan fingerprint density at radius 2 is 2.18 bits per heavy atom. The van der Waals surface area contributed by atoms with Crippen molar-refractivity contribution in [2.24, 2.45) is 10.8 Å². The van der Waals surface area contributed by atoms with Crippen molar-refractivity contribution < 1.29 is 19.0 Å². The number of ether oxygens (including phenoxy) is 3. The van der Waals surface area contributed by atoms with E-state index in [-0.39, 0.29) is 17.8 Å². The number of rotatable bonds is 7. The fourth-order valence-electron chi connectivity index (χ4n) is 1.49. The third-order valence-electron chi connectivity index (χ3n) is 2.29. The van der Waals surface area contributed by atoms with Gasteiger partial charge in [-0.3, -0.25) is 5.43 Å². The minimum absolute atomic E-state index is 0.0758. The molecule has 22 heavy (non-hydrogen) atoms. The largest absolute Gasteiger partial charge is 0.493 e. The number of nitrogens with one attached hydrogen (secondary N) is 1. The number of benzene rings is 1. The summed E-state index contributed by atoms with van der Waals surface area (Å²) in [7, 11) is 1.50. The summed E-state index contributed by atoms with van der Waals surface area (Å²) >= 11 is 4.63. The molecule has 0 saturated heterocycles. The van der Waals surface area contributed by atoms with Crippen molar-refractivity contribution in [3.05, 3.63) is 23.8 Å². The van der Waals surface area contributed by atoms with E-state index in [1.807, 2.05) is 0 Å². The number of hydrazone groups is 1. The summed E-state index contributed by atoms with van der Waals surface area (Å²) in [5.74, 6) is 0.461. The molecule has 120 valence electrons. The molecule has 3 N–H and O–H groups in total. The van der Waals surface area contributed by atoms with Gasteiger partial charge in [0.15, 0.2) is 23.2 Å². The predicted octanol–water partition coefficient (Wildman–Crippen LogP) is 1.19. The summed E-state index contributed by atoms with van der Waals surface area (Å²) in [4.78, 5) is 11.5. The minimum Gasteiger partial charge on any atom is -0.493 e. The monoisotopic (exact) mass is 325 g/mol. The van der Waals surface area contributed by atoms with Crippen LogP contribution in [0.1, 0.15) is 19.4 Å². The molecule has 0 spiro atoms. The molecule has 8 heteroatoms. The Bertz CT molecular complexity index is 561. The number of nitrogens with two attached hydrogens (primary N) is 1. The third kappa shape index (κ3) is 6.40. The van der Waals surface area contributed by atoms with Crippen LogP contribution >= 0.6 is 12.2 Å². The summed E-state index contributed by atoms with van der Waals surface area (Å²) < 4.78 is 15.6. The van der Waals surface area contributed by atoms with E-state index in [1.165, 1.54) is 13.3 Å². The van der Waals surface area contributed by atoms with Crippen LogP contribution in [0.2, 0.25) is 0 Å². The standard InChI is InChI=1S/C14H19N3O4S/c1-9(2)21-13(18)8-20-11-5-4-10(6-12(11)19-3)7-16-17-14(15)22/h4-7,9H,8H2,1-3H3,(H3,15,17,22). The van der Waals surface area contributed by atoms with Crippen molar-refractivity contribution in [1.82, 2.24) is 5.43 Å². The zero-order valence-electron chi connectivity index (χ0n) is 12.7. The number of hydrogen-bond acceptors (Lipinski definition) is 6. The Labute approximate surface area is 134 Å². The van der Waals surface area contributed by atoms with Gasteiger partial charge < -0.3 is 19.9 Å². The van der Waals surface area contributed by atoms with E-state index < -0.39 is 5.97 Å². The highest BCUT2D eigenvalue weighted by molar-refractivity contribution is 7.80. The first-order chi connectivity index (χ1) is 10.4. The molecule has 1 aromatic rings. The van der Waals surface area contributed by atoms with Crippen molar-refractivity contribution in [2.45, 2.75) is 20.0 Å². The van der Waals surface area contributed by atoms with Gasteiger partial charge in [-0.25, -0.2) is 4.79 Å². The number of methoxy groups -OCH3 is 1. The van der Waals surface area contributed by atoms with Gasteiger partial charge in [-0.05, 0) is 49.8 Å². The van der Waals surface area contributed by atoms with E-state index in [1.54, 1.807) is 32.0 Å². The number of carbonyl (C=O) groups is 1. The minimum atomic E-state index is -0.441. The molecule has 0 unspecified atom stereocenters. The maximum atomic E-state index is 11.5. The highest BCUT2D eigenvalue weighted by atomic mass is 32.1. The van der Waals surface area contributed by atoms with Gasteiger partial charge >= 0.3 is 5.97 Å². The molecule has 0 aliphatic heterocycles. The van der Waals surface area contributed by atoms with Gasteiger partial charge in [-0.2, -0.15) is 5.10 Å². The average Bonchev–Trinajstić information content (AvgIpc) is 2.44. The van der Waals surface area contributed by atoms with E-state index in [9.17, 15) is 4.79 Å². The van der Waals surface area contributed by atoms with Gasteiger partial charge in [0, 0.05) is 0 Å². The van der Waals surface area contributed by atoms with E-state index >= 15 is 0 Å². The second-order valence-electron chi connectivity index (χ2n) is 4.47. The quantitative estimate of drug-likeness (QED) is 0.336. The predicted molar refractivity (Wildman–Crippen MR) is 87.2 cm³/mol. The van der Waals surface area contributed by atoms with Crippen LogP contribution in [0.3, 0.4) is 0 Å². The number of carbonyl (C=O) groups excluding carboxylic acids is 1. The number of nitrogens with zero attached hydrogens (tertiary/aromatic N) is 1. The van der Waals surface area contributed by atoms with Crippen LogP contribution in [0.15, 0.2) is 23.3 Å². The van der Waals surface area contributed by atoms with E-state index in [0.717, 1.165) is 5.56 Å². The maximum absolute atomic E-state index is 11.5. The summed E-state index contributed by atoms with van der Waals surface area (Å²) in [5, 5.41) is 3.92. The molecule has 0 radical (unpaired) electrons. The van der Waals surface area contributed by atoms with Gasteiger partial charge in [0.1, 0.15) is 0 Å². The Morgan fingerprint density at radius 1 is 1.45 bits per heavy atom. The molecule has 0 bridgehead atoms. The van der Waals surface area contributed by atoms with Crippen LogP contribution in [0, 0.1) is 0 Å². The Morgan fingerprint density at radius 3 is 2.77 bits per heavy atom. The number of thiocarbonyl (C=S) groups is 1. The number of hydrogen-bond donors (Lipinski definition) is 2. The molecule has 0 atom stereocenters. The molecule has 0 aromatic heterocycles. The summed E-state index contributed by atoms with van der Waals surface area (Å²) in [5.41, 5.74) is 8.45. The summed E-state index contributed by atoms with van der Waals surface area (Å²) in [6.45, 7) is 3.35. The van der Waals surface area contributed by atoms with Crippen LogP contribution in [0.25, 0.3) is 0 Å². The van der Waals surface area contributed by atoms with Gasteiger partial charge in [0.05, 0.1) is 19.4 Å². The lowest BCUT2D eigenvalue weighted by Gasteiger charge is -2.12. The van der Waals surface area contributed by atoms with E-state index in [2.05, 4.69) is 22.7 Å². The first-order valence-corrected chi connectivity index (χ1v) is 6.92. The fraction of sp³-hybridized carbons (Fsp3) is 0.357. The zero-order valence-corrected chi connectivity index (χ0v) is 13.5. The first kappa shape index (κ1) is 17.7. The normalized spacial score (nSPS) is 10.5. The van der Waals surface area contributed by atoms with Crippen LogP contribution in [-0.4, -0.2) is 37.1 Å². The van der Waals surface area contributed by atoms with Gasteiger partial charge in [0.2, 0.25) is 0 Å². The van der Waals surface area contributed by atoms with Crippen LogP contribution in [0.5, 0.6) is 11.5 Å². The summed E-state index contributed by atoms with van der Waals surface area (Å²) in [6.07, 6.45) is 1.34. The van der Waals surface area contributed by atoms with Gasteiger partial charge in [0.25, 0.3) is 0 Å². The Kier molecular flexibility index (Phi) is 7.11. The lowest BCUT2D eigenvalue weighted by Crippen LogP contribution is -2.23. The van der Waals surface area contributed by atoms with Crippen LogP contribution in [-0.2, 0) is 9.53 Å². The molecule has 0 fully saturated rings. The molecule has 1 aromatic carbocycles. The molecule has 0 aliphatic carbocycles. The Hall–Kier alpha value is -2.35. The highest BCUT2D eigenvalue weighted by Gasteiger charge is 2.10. The lowest BCUT2D eigenvalue weighted by atomic mass is 10.2. The zero-order chi connectivity index (χ0) is 16.5. The van der Waals surface area contributed by atoms with Gasteiger partial charge in [-0.15, -0.1) is 0 Å². The van der Waals surface area contributed by atoms with Crippen molar-refractivity contribution in [1.29, 1.82) is 0 Å². The van der Waals surface area contributed by atoms with Crippen molar-refractivity contribution in [2.75, 3.05) is 13.7 Å². The molecule has 0 amide bonds. The van der Waals surface area contributed by atoms with Crippen molar-refractivity contribution in [3.8, 4) is 11.5 Å². The molecule has 0 aliphatic rings.